The Morgan fingerprint density at radius 1 is 0.952 bits per heavy atom. The molecule has 3 rings (SSSR count). The van der Waals surface area contributed by atoms with E-state index in [0.717, 1.165) is 31.6 Å². The number of hydrogen-bond donors (Lipinski definition) is 0. The summed E-state index contributed by atoms with van der Waals surface area (Å²) in [6, 6.07) is 10.0. The highest BCUT2D eigenvalue weighted by molar-refractivity contribution is 9.10. The second-order valence-corrected chi connectivity index (χ2v) is 7.05. The molecular formula is C16H13Br2ClO2. The van der Waals surface area contributed by atoms with Crippen LogP contribution in [0, 0.1) is 6.92 Å². The highest BCUT2D eigenvalue weighted by Crippen LogP contribution is 2.43. The van der Waals surface area contributed by atoms with Crippen LogP contribution in [-0.2, 0) is 0 Å². The third-order valence-corrected chi connectivity index (χ3v) is 5.24. The van der Waals surface area contributed by atoms with E-state index in [9.17, 15) is 0 Å². The lowest BCUT2D eigenvalue weighted by Crippen LogP contribution is -2.15. The first-order valence-corrected chi connectivity index (χ1v) is 8.57. The van der Waals surface area contributed by atoms with Crippen molar-refractivity contribution in [1.29, 1.82) is 0 Å². The van der Waals surface area contributed by atoms with Crippen LogP contribution < -0.4 is 9.47 Å². The van der Waals surface area contributed by atoms with Gasteiger partial charge in [-0.05, 0) is 36.2 Å². The lowest BCUT2D eigenvalue weighted by atomic mass is 10.0. The summed E-state index contributed by atoms with van der Waals surface area (Å²) in [5.74, 6) is 1.50. The number of aryl methyl sites for hydroxylation is 1. The fourth-order valence-electron chi connectivity index (χ4n) is 2.30. The number of halogens is 3. The largest absolute Gasteiger partial charge is 0.486 e. The molecule has 110 valence electrons. The van der Waals surface area contributed by atoms with Crippen molar-refractivity contribution in [3.05, 3.63) is 56.0 Å². The lowest BCUT2D eigenvalue weighted by molar-refractivity contribution is 0.171. The lowest BCUT2D eigenvalue weighted by Gasteiger charge is -2.22. The molecule has 2 aromatic rings. The minimum atomic E-state index is -0.274. The molecule has 0 aliphatic carbocycles. The average molecular weight is 433 g/mol. The molecule has 0 saturated heterocycles. The molecule has 2 aromatic carbocycles. The topological polar surface area (TPSA) is 18.5 Å². The smallest absolute Gasteiger partial charge is 0.162 e. The van der Waals surface area contributed by atoms with Crippen LogP contribution in [0.4, 0.5) is 0 Å². The van der Waals surface area contributed by atoms with Crippen molar-refractivity contribution in [3.63, 3.8) is 0 Å². The number of rotatable bonds is 2. The quantitative estimate of drug-likeness (QED) is 0.574. The molecule has 0 spiro atoms. The highest BCUT2D eigenvalue weighted by atomic mass is 79.9. The predicted molar refractivity (Wildman–Crippen MR) is 91.7 cm³/mol. The van der Waals surface area contributed by atoms with Crippen LogP contribution in [0.25, 0.3) is 0 Å². The Hall–Kier alpha value is -0.710. The maximum absolute atomic E-state index is 6.70. The first kappa shape index (κ1) is 15.2. The van der Waals surface area contributed by atoms with Gasteiger partial charge in [-0.25, -0.2) is 0 Å². The van der Waals surface area contributed by atoms with Gasteiger partial charge in [0.1, 0.15) is 13.2 Å². The Bertz CT molecular complexity index is 688. The van der Waals surface area contributed by atoms with E-state index in [1.807, 2.05) is 18.2 Å². The van der Waals surface area contributed by atoms with Gasteiger partial charge in [-0.1, -0.05) is 49.6 Å². The standard InChI is InChI=1S/C16H13Br2ClO2/c1-9-2-3-12(17)10(6-9)16(19)11-7-14-15(8-13(11)18)21-5-4-20-14/h2-3,6-8,16H,4-5H2,1H3. The van der Waals surface area contributed by atoms with Crippen LogP contribution >= 0.6 is 43.5 Å². The zero-order valence-electron chi connectivity index (χ0n) is 11.3. The van der Waals surface area contributed by atoms with Crippen molar-refractivity contribution in [1.82, 2.24) is 0 Å². The Kier molecular flexibility index (Phi) is 4.48. The van der Waals surface area contributed by atoms with Crippen LogP contribution in [0.15, 0.2) is 39.3 Å². The molecule has 0 fully saturated rings. The Morgan fingerprint density at radius 3 is 2.29 bits per heavy atom. The summed E-state index contributed by atoms with van der Waals surface area (Å²) in [6.07, 6.45) is 0. The van der Waals surface area contributed by atoms with E-state index in [1.165, 1.54) is 5.56 Å². The van der Waals surface area contributed by atoms with Crippen LogP contribution in [0.5, 0.6) is 11.5 Å². The van der Waals surface area contributed by atoms with Gasteiger partial charge in [0.2, 0.25) is 0 Å². The normalized spacial score (nSPS) is 14.9. The first-order valence-electron chi connectivity index (χ1n) is 6.55. The van der Waals surface area contributed by atoms with Gasteiger partial charge in [0.25, 0.3) is 0 Å². The molecule has 1 aliphatic rings. The predicted octanol–water partition coefficient (Wildman–Crippen LogP) is 5.62. The summed E-state index contributed by atoms with van der Waals surface area (Å²) in [4.78, 5) is 0. The monoisotopic (exact) mass is 430 g/mol. The fourth-order valence-corrected chi connectivity index (χ4v) is 3.95. The van der Waals surface area contributed by atoms with E-state index in [2.05, 4.69) is 50.9 Å². The van der Waals surface area contributed by atoms with Gasteiger partial charge in [-0.2, -0.15) is 0 Å². The number of alkyl halides is 1. The summed E-state index contributed by atoms with van der Waals surface area (Å²) in [7, 11) is 0. The molecule has 0 radical (unpaired) electrons. The van der Waals surface area contributed by atoms with Gasteiger partial charge >= 0.3 is 0 Å². The van der Waals surface area contributed by atoms with Gasteiger partial charge in [0.05, 0.1) is 5.38 Å². The van der Waals surface area contributed by atoms with E-state index >= 15 is 0 Å². The summed E-state index contributed by atoms with van der Waals surface area (Å²) >= 11 is 13.9. The number of hydrogen-bond acceptors (Lipinski definition) is 2. The van der Waals surface area contributed by atoms with Gasteiger partial charge in [-0.3, -0.25) is 0 Å². The Morgan fingerprint density at radius 2 is 1.57 bits per heavy atom. The summed E-state index contributed by atoms with van der Waals surface area (Å²) in [6.45, 7) is 3.19. The molecule has 0 N–H and O–H groups in total. The van der Waals surface area contributed by atoms with Crippen molar-refractivity contribution < 1.29 is 9.47 Å². The van der Waals surface area contributed by atoms with Gasteiger partial charge < -0.3 is 9.47 Å². The molecule has 1 unspecified atom stereocenters. The second kappa shape index (κ2) is 6.19. The molecule has 5 heteroatoms. The fraction of sp³-hybridized carbons (Fsp3) is 0.250. The van der Waals surface area contributed by atoms with E-state index in [-0.39, 0.29) is 5.38 Å². The summed E-state index contributed by atoms with van der Waals surface area (Å²) in [5.41, 5.74) is 3.17. The molecule has 0 aromatic heterocycles. The molecule has 1 atom stereocenters. The maximum atomic E-state index is 6.70. The van der Waals surface area contributed by atoms with Gasteiger partial charge in [0.15, 0.2) is 11.5 Å². The van der Waals surface area contributed by atoms with Gasteiger partial charge in [0, 0.05) is 8.95 Å². The van der Waals surface area contributed by atoms with Crippen LogP contribution in [0.3, 0.4) is 0 Å². The Balaban J connectivity index is 2.05. The van der Waals surface area contributed by atoms with Crippen LogP contribution in [0.2, 0.25) is 0 Å². The second-order valence-electron chi connectivity index (χ2n) is 4.90. The van der Waals surface area contributed by atoms with E-state index < -0.39 is 0 Å². The molecule has 0 amide bonds. The minimum absolute atomic E-state index is 0.274. The van der Waals surface area contributed by atoms with Crippen molar-refractivity contribution >= 4 is 43.5 Å². The first-order chi connectivity index (χ1) is 10.1. The third kappa shape index (κ3) is 3.08. The zero-order chi connectivity index (χ0) is 15.0. The number of benzene rings is 2. The molecule has 1 heterocycles. The highest BCUT2D eigenvalue weighted by Gasteiger charge is 2.21. The average Bonchev–Trinajstić information content (AvgIpc) is 2.48. The molecule has 1 aliphatic heterocycles. The van der Waals surface area contributed by atoms with Crippen molar-refractivity contribution in [2.24, 2.45) is 0 Å². The minimum Gasteiger partial charge on any atom is -0.486 e. The van der Waals surface area contributed by atoms with Crippen LogP contribution in [-0.4, -0.2) is 13.2 Å². The van der Waals surface area contributed by atoms with Crippen molar-refractivity contribution in [2.45, 2.75) is 12.3 Å². The molecule has 0 saturated carbocycles. The summed E-state index contributed by atoms with van der Waals surface area (Å²) in [5, 5.41) is -0.274. The maximum Gasteiger partial charge on any atom is 0.162 e. The van der Waals surface area contributed by atoms with E-state index in [4.69, 9.17) is 21.1 Å². The van der Waals surface area contributed by atoms with Crippen molar-refractivity contribution in [2.75, 3.05) is 13.2 Å². The zero-order valence-corrected chi connectivity index (χ0v) is 15.3. The molecule has 0 bridgehead atoms. The molecule has 21 heavy (non-hydrogen) atoms. The van der Waals surface area contributed by atoms with E-state index in [0.29, 0.717) is 13.2 Å². The van der Waals surface area contributed by atoms with Crippen molar-refractivity contribution in [3.8, 4) is 11.5 Å². The van der Waals surface area contributed by atoms with Gasteiger partial charge in [-0.15, -0.1) is 11.6 Å². The SMILES string of the molecule is Cc1ccc(Br)c(C(Cl)c2cc3c(cc2Br)OCCO3)c1. The van der Waals surface area contributed by atoms with E-state index in [1.54, 1.807) is 0 Å². The molecule has 2 nitrogen and oxygen atoms in total. The Labute approximate surface area is 145 Å². The van der Waals surface area contributed by atoms with Crippen LogP contribution in [0.1, 0.15) is 22.1 Å². The summed E-state index contributed by atoms with van der Waals surface area (Å²) < 4.78 is 13.1. The number of ether oxygens (including phenoxy) is 2. The molecular weight excluding hydrogens is 419 g/mol. The third-order valence-electron chi connectivity index (χ3n) is 3.36. The number of fused-ring (bicyclic) bond motifs is 1.